The van der Waals surface area contributed by atoms with Gasteiger partial charge in [0.15, 0.2) is 5.13 Å². The van der Waals surface area contributed by atoms with Crippen molar-refractivity contribution in [2.75, 3.05) is 31.2 Å². The van der Waals surface area contributed by atoms with Gasteiger partial charge in [0, 0.05) is 23.7 Å². The zero-order chi connectivity index (χ0) is 19.4. The lowest BCUT2D eigenvalue weighted by Gasteiger charge is -2.20. The minimum Gasteiger partial charge on any atom is -0.343 e. The Morgan fingerprint density at radius 1 is 1.37 bits per heavy atom. The standard InChI is InChI=1S/C16H21N5O4S2/c1-27(24,25)21-7-4-12(9-21)15(23)18-8-14(22)20-16-19-13(10-26-16)11-2-5-17-6-3-11/h4,7,9-11,17H,2-3,5-6,8H2,1H3,(H,18,23)(H,19,20,22). The van der Waals surface area contributed by atoms with E-state index in [1.807, 2.05) is 5.38 Å². The fourth-order valence-corrected chi connectivity index (χ4v) is 4.19. The van der Waals surface area contributed by atoms with Crippen molar-refractivity contribution in [1.29, 1.82) is 0 Å². The van der Waals surface area contributed by atoms with E-state index < -0.39 is 21.8 Å². The smallest absolute Gasteiger partial charge is 0.253 e. The highest BCUT2D eigenvalue weighted by molar-refractivity contribution is 7.89. The Labute approximate surface area is 161 Å². The van der Waals surface area contributed by atoms with Gasteiger partial charge in [-0.1, -0.05) is 0 Å². The number of rotatable bonds is 6. The summed E-state index contributed by atoms with van der Waals surface area (Å²) in [7, 11) is -3.45. The molecule has 2 aromatic heterocycles. The van der Waals surface area contributed by atoms with Gasteiger partial charge in [0.2, 0.25) is 15.9 Å². The van der Waals surface area contributed by atoms with Crippen molar-refractivity contribution in [2.45, 2.75) is 18.8 Å². The van der Waals surface area contributed by atoms with E-state index in [4.69, 9.17) is 0 Å². The van der Waals surface area contributed by atoms with E-state index in [9.17, 15) is 18.0 Å². The molecule has 1 aliphatic heterocycles. The summed E-state index contributed by atoms with van der Waals surface area (Å²) in [5.74, 6) is -0.508. The molecule has 3 rings (SSSR count). The van der Waals surface area contributed by atoms with Crippen LogP contribution in [0.5, 0.6) is 0 Å². The highest BCUT2D eigenvalue weighted by Crippen LogP contribution is 2.28. The third-order valence-corrected chi connectivity index (χ3v) is 6.02. The largest absolute Gasteiger partial charge is 0.343 e. The van der Waals surface area contributed by atoms with E-state index in [0.717, 1.165) is 41.9 Å². The molecule has 27 heavy (non-hydrogen) atoms. The summed E-state index contributed by atoms with van der Waals surface area (Å²) in [4.78, 5) is 28.5. The van der Waals surface area contributed by atoms with Crippen molar-refractivity contribution < 1.29 is 18.0 Å². The molecule has 9 nitrogen and oxygen atoms in total. The van der Waals surface area contributed by atoms with Gasteiger partial charge in [-0.2, -0.15) is 0 Å². The topological polar surface area (TPSA) is 122 Å². The molecule has 0 unspecified atom stereocenters. The molecule has 0 atom stereocenters. The third kappa shape index (κ3) is 5.15. The summed E-state index contributed by atoms with van der Waals surface area (Å²) in [5, 5.41) is 10.9. The predicted molar refractivity (Wildman–Crippen MR) is 103 cm³/mol. The van der Waals surface area contributed by atoms with E-state index in [-0.39, 0.29) is 12.1 Å². The first-order valence-electron chi connectivity index (χ1n) is 8.45. The van der Waals surface area contributed by atoms with Gasteiger partial charge in [0.25, 0.3) is 5.91 Å². The van der Waals surface area contributed by atoms with E-state index in [2.05, 4.69) is 20.9 Å². The van der Waals surface area contributed by atoms with Crippen molar-refractivity contribution in [3.63, 3.8) is 0 Å². The van der Waals surface area contributed by atoms with Crippen molar-refractivity contribution in [3.05, 3.63) is 35.1 Å². The fraction of sp³-hybridized carbons (Fsp3) is 0.438. The SMILES string of the molecule is CS(=O)(=O)n1ccc(C(=O)NCC(=O)Nc2nc(C3CCNCC3)cs2)c1. The highest BCUT2D eigenvalue weighted by atomic mass is 32.2. The molecular formula is C16H21N5O4S2. The van der Waals surface area contributed by atoms with Crippen LogP contribution in [0.1, 0.15) is 34.8 Å². The second kappa shape index (κ2) is 8.19. The molecule has 1 aliphatic rings. The zero-order valence-corrected chi connectivity index (χ0v) is 16.4. The molecule has 0 aromatic carbocycles. The van der Waals surface area contributed by atoms with Crippen LogP contribution in [-0.2, 0) is 14.8 Å². The summed E-state index contributed by atoms with van der Waals surface area (Å²) in [6, 6.07) is 1.38. The maximum absolute atomic E-state index is 12.0. The fourth-order valence-electron chi connectivity index (χ4n) is 2.79. The van der Waals surface area contributed by atoms with Gasteiger partial charge >= 0.3 is 0 Å². The number of nitrogens with zero attached hydrogens (tertiary/aromatic N) is 2. The van der Waals surface area contributed by atoms with Crippen molar-refractivity contribution in [2.24, 2.45) is 0 Å². The minimum atomic E-state index is -3.45. The van der Waals surface area contributed by atoms with Gasteiger partial charge in [0.05, 0.1) is 24.1 Å². The van der Waals surface area contributed by atoms with Crippen LogP contribution in [0, 0.1) is 0 Å². The molecule has 3 heterocycles. The molecule has 1 saturated heterocycles. The number of aromatic nitrogens is 2. The van der Waals surface area contributed by atoms with Crippen molar-refractivity contribution >= 4 is 38.3 Å². The number of nitrogens with one attached hydrogen (secondary N) is 3. The minimum absolute atomic E-state index is 0.163. The average Bonchev–Trinajstić information content (AvgIpc) is 3.30. The Bertz CT molecular complexity index is 928. The van der Waals surface area contributed by atoms with Gasteiger partial charge in [-0.05, 0) is 32.0 Å². The average molecular weight is 412 g/mol. The molecule has 0 bridgehead atoms. The second-order valence-corrected chi connectivity index (χ2v) is 9.07. The molecule has 3 N–H and O–H groups in total. The first kappa shape index (κ1) is 19.5. The molecule has 11 heteroatoms. The molecule has 0 saturated carbocycles. The van der Waals surface area contributed by atoms with E-state index in [1.54, 1.807) is 0 Å². The normalized spacial score (nSPS) is 15.4. The van der Waals surface area contributed by atoms with Crippen molar-refractivity contribution in [3.8, 4) is 0 Å². The summed E-state index contributed by atoms with van der Waals surface area (Å²) >= 11 is 1.36. The monoisotopic (exact) mass is 411 g/mol. The molecule has 2 aromatic rings. The van der Waals surface area contributed by atoms with Crippen LogP contribution >= 0.6 is 11.3 Å². The van der Waals surface area contributed by atoms with Crippen LogP contribution < -0.4 is 16.0 Å². The molecule has 0 spiro atoms. The van der Waals surface area contributed by atoms with Crippen LogP contribution in [0.25, 0.3) is 0 Å². The van der Waals surface area contributed by atoms with Gasteiger partial charge in [-0.25, -0.2) is 13.4 Å². The number of hydrogen-bond donors (Lipinski definition) is 3. The van der Waals surface area contributed by atoms with Crippen LogP contribution in [0.15, 0.2) is 23.8 Å². The number of carbonyl (C=O) groups is 2. The lowest BCUT2D eigenvalue weighted by molar-refractivity contribution is -0.115. The van der Waals surface area contributed by atoms with Crippen LogP contribution in [0.2, 0.25) is 0 Å². The number of piperidine rings is 1. The summed E-state index contributed by atoms with van der Waals surface area (Å²) in [6.07, 6.45) is 5.58. The number of hydrogen-bond acceptors (Lipinski definition) is 7. The Balaban J connectivity index is 1.50. The summed E-state index contributed by atoms with van der Waals surface area (Å²) in [5.41, 5.74) is 1.15. The highest BCUT2D eigenvalue weighted by Gasteiger charge is 2.19. The van der Waals surface area contributed by atoms with E-state index in [0.29, 0.717) is 11.0 Å². The molecule has 146 valence electrons. The molecule has 0 aliphatic carbocycles. The quantitative estimate of drug-likeness (QED) is 0.639. The Hall–Kier alpha value is -2.24. The number of thiazole rings is 1. The van der Waals surface area contributed by atoms with Crippen LogP contribution in [-0.4, -0.2) is 55.1 Å². The summed E-state index contributed by atoms with van der Waals surface area (Å²) in [6.45, 7) is 1.71. The predicted octanol–water partition coefficient (Wildman–Crippen LogP) is 0.588. The van der Waals surface area contributed by atoms with Gasteiger partial charge in [-0.3, -0.25) is 13.6 Å². The number of carbonyl (C=O) groups excluding carboxylic acids is 2. The molecule has 1 fully saturated rings. The first-order chi connectivity index (χ1) is 12.8. The van der Waals surface area contributed by atoms with E-state index >= 15 is 0 Å². The second-order valence-electron chi connectivity index (χ2n) is 6.33. The molecule has 0 radical (unpaired) electrons. The van der Waals surface area contributed by atoms with E-state index in [1.165, 1.54) is 29.8 Å². The Morgan fingerprint density at radius 3 is 2.78 bits per heavy atom. The van der Waals surface area contributed by atoms with Crippen LogP contribution in [0.3, 0.4) is 0 Å². The Morgan fingerprint density at radius 2 is 2.11 bits per heavy atom. The lowest BCUT2D eigenvalue weighted by Crippen LogP contribution is -2.32. The molecule has 2 amide bonds. The van der Waals surface area contributed by atoms with Gasteiger partial charge in [-0.15, -0.1) is 11.3 Å². The molecular weight excluding hydrogens is 390 g/mol. The van der Waals surface area contributed by atoms with Crippen molar-refractivity contribution in [1.82, 2.24) is 19.6 Å². The maximum Gasteiger partial charge on any atom is 0.253 e. The number of amides is 2. The maximum atomic E-state index is 12.0. The van der Waals surface area contributed by atoms with Gasteiger partial charge < -0.3 is 16.0 Å². The van der Waals surface area contributed by atoms with Gasteiger partial charge in [0.1, 0.15) is 0 Å². The number of anilines is 1. The lowest BCUT2D eigenvalue weighted by atomic mass is 9.96. The first-order valence-corrected chi connectivity index (χ1v) is 11.2. The Kier molecular flexibility index (Phi) is 5.92. The third-order valence-electron chi connectivity index (χ3n) is 4.25. The zero-order valence-electron chi connectivity index (χ0n) is 14.8. The summed E-state index contributed by atoms with van der Waals surface area (Å²) < 4.78 is 23.8. The van der Waals surface area contributed by atoms with Crippen LogP contribution in [0.4, 0.5) is 5.13 Å².